The minimum atomic E-state index is -0.360. The van der Waals surface area contributed by atoms with Gasteiger partial charge in [-0.1, -0.05) is 19.3 Å². The fourth-order valence-corrected chi connectivity index (χ4v) is 2.65. The lowest BCUT2D eigenvalue weighted by molar-refractivity contribution is -0.126. The van der Waals surface area contributed by atoms with Crippen molar-refractivity contribution in [2.24, 2.45) is 17.6 Å². The zero-order valence-electron chi connectivity index (χ0n) is 10.4. The summed E-state index contributed by atoms with van der Waals surface area (Å²) in [5.74, 6) is 0.404. The molecule has 0 spiro atoms. The van der Waals surface area contributed by atoms with Crippen LogP contribution in [0, 0.1) is 11.8 Å². The van der Waals surface area contributed by atoms with Crippen LogP contribution in [0.25, 0.3) is 0 Å². The summed E-state index contributed by atoms with van der Waals surface area (Å²) in [7, 11) is 0. The van der Waals surface area contributed by atoms with E-state index in [0.29, 0.717) is 12.5 Å². The van der Waals surface area contributed by atoms with Gasteiger partial charge in [-0.05, 0) is 31.6 Å². The summed E-state index contributed by atoms with van der Waals surface area (Å²) in [5.41, 5.74) is 6.04. The summed E-state index contributed by atoms with van der Waals surface area (Å²) >= 11 is 0. The van der Waals surface area contributed by atoms with Crippen LogP contribution in [0.4, 0.5) is 0 Å². The Bertz CT molecular complexity index is 266. The number of nitrogens with one attached hydrogen (secondary N) is 1. The van der Waals surface area contributed by atoms with E-state index in [1.54, 1.807) is 0 Å². The highest BCUT2D eigenvalue weighted by molar-refractivity contribution is 5.79. The van der Waals surface area contributed by atoms with Crippen LogP contribution in [0.5, 0.6) is 0 Å². The molecule has 98 valence electrons. The van der Waals surface area contributed by atoms with E-state index < -0.39 is 0 Å². The van der Waals surface area contributed by atoms with Gasteiger partial charge in [0.25, 0.3) is 0 Å². The topological polar surface area (TPSA) is 75.4 Å². The molecular weight excluding hydrogens is 216 g/mol. The average molecular weight is 240 g/mol. The minimum absolute atomic E-state index is 0.00410. The van der Waals surface area contributed by atoms with Gasteiger partial charge in [-0.3, -0.25) is 4.79 Å². The zero-order chi connectivity index (χ0) is 12.3. The van der Waals surface area contributed by atoms with Crippen LogP contribution in [0.2, 0.25) is 0 Å². The van der Waals surface area contributed by atoms with E-state index >= 15 is 0 Å². The first-order valence-corrected chi connectivity index (χ1v) is 6.90. The van der Waals surface area contributed by atoms with Gasteiger partial charge in [0.15, 0.2) is 0 Å². The van der Waals surface area contributed by atoms with Gasteiger partial charge in [-0.25, -0.2) is 0 Å². The Hall–Kier alpha value is -0.610. The van der Waals surface area contributed by atoms with Crippen molar-refractivity contribution >= 4 is 5.91 Å². The Kier molecular flexibility index (Phi) is 4.40. The fraction of sp³-hybridized carbons (Fsp3) is 0.923. The van der Waals surface area contributed by atoms with Gasteiger partial charge in [0, 0.05) is 12.6 Å². The minimum Gasteiger partial charge on any atom is -0.391 e. The first-order chi connectivity index (χ1) is 8.18. The van der Waals surface area contributed by atoms with E-state index in [9.17, 15) is 9.90 Å². The summed E-state index contributed by atoms with van der Waals surface area (Å²) < 4.78 is 0. The molecule has 0 aromatic rings. The van der Waals surface area contributed by atoms with Crippen molar-refractivity contribution in [1.82, 2.24) is 5.32 Å². The molecular formula is C13H24N2O2. The number of carbonyl (C=O) groups excluding carboxylic acids is 1. The van der Waals surface area contributed by atoms with Gasteiger partial charge in [-0.2, -0.15) is 0 Å². The van der Waals surface area contributed by atoms with Gasteiger partial charge < -0.3 is 16.2 Å². The Morgan fingerprint density at radius 2 is 1.94 bits per heavy atom. The standard InChI is InChI=1S/C13H24N2O2/c14-11-5-3-1-2-4-10(11)13(17)15-8-12(16)9-6-7-9/h9-12,16H,1-8,14H2,(H,15,17). The number of amides is 1. The van der Waals surface area contributed by atoms with Crippen LogP contribution in [0.15, 0.2) is 0 Å². The monoisotopic (exact) mass is 240 g/mol. The lowest BCUT2D eigenvalue weighted by Crippen LogP contribution is -2.43. The third-order valence-electron chi connectivity index (χ3n) is 4.06. The van der Waals surface area contributed by atoms with Crippen molar-refractivity contribution in [1.29, 1.82) is 0 Å². The number of nitrogens with two attached hydrogens (primary N) is 1. The molecule has 0 saturated heterocycles. The van der Waals surface area contributed by atoms with E-state index in [1.807, 2.05) is 0 Å². The van der Waals surface area contributed by atoms with Gasteiger partial charge in [-0.15, -0.1) is 0 Å². The van der Waals surface area contributed by atoms with Crippen LogP contribution in [-0.2, 0) is 4.79 Å². The third kappa shape index (κ3) is 3.68. The molecule has 0 aromatic heterocycles. The second kappa shape index (κ2) is 5.83. The molecule has 4 heteroatoms. The van der Waals surface area contributed by atoms with Crippen molar-refractivity contribution in [3.8, 4) is 0 Å². The Labute approximate surface area is 103 Å². The van der Waals surface area contributed by atoms with Gasteiger partial charge in [0.05, 0.1) is 12.0 Å². The number of rotatable bonds is 4. The lowest BCUT2D eigenvalue weighted by atomic mass is 9.94. The number of hydrogen-bond donors (Lipinski definition) is 3. The molecule has 0 aromatic carbocycles. The molecule has 0 heterocycles. The van der Waals surface area contributed by atoms with Crippen LogP contribution < -0.4 is 11.1 Å². The van der Waals surface area contributed by atoms with Crippen molar-refractivity contribution < 1.29 is 9.90 Å². The van der Waals surface area contributed by atoms with Crippen molar-refractivity contribution in [3.63, 3.8) is 0 Å². The summed E-state index contributed by atoms with van der Waals surface area (Å²) in [6.07, 6.45) is 7.09. The number of aliphatic hydroxyl groups excluding tert-OH is 1. The molecule has 2 aliphatic carbocycles. The van der Waals surface area contributed by atoms with Crippen LogP contribution in [0.1, 0.15) is 44.9 Å². The van der Waals surface area contributed by atoms with Crippen LogP contribution in [0.3, 0.4) is 0 Å². The third-order valence-corrected chi connectivity index (χ3v) is 4.06. The van der Waals surface area contributed by atoms with Crippen molar-refractivity contribution in [2.45, 2.75) is 57.1 Å². The highest BCUT2D eigenvalue weighted by atomic mass is 16.3. The molecule has 4 N–H and O–H groups in total. The average Bonchev–Trinajstić information content (AvgIpc) is 3.12. The second-order valence-electron chi connectivity index (χ2n) is 5.56. The van der Waals surface area contributed by atoms with Gasteiger partial charge >= 0.3 is 0 Å². The molecule has 2 rings (SSSR count). The van der Waals surface area contributed by atoms with E-state index in [0.717, 1.165) is 38.5 Å². The molecule has 1 amide bonds. The van der Waals surface area contributed by atoms with Crippen LogP contribution in [-0.4, -0.2) is 29.7 Å². The molecule has 2 fully saturated rings. The quantitative estimate of drug-likeness (QED) is 0.636. The highest BCUT2D eigenvalue weighted by Crippen LogP contribution is 2.32. The van der Waals surface area contributed by atoms with Crippen LogP contribution >= 0.6 is 0 Å². The molecule has 3 atom stereocenters. The van der Waals surface area contributed by atoms with Gasteiger partial charge in [0.2, 0.25) is 5.91 Å². The molecule has 0 bridgehead atoms. The summed E-state index contributed by atoms with van der Waals surface area (Å²) in [4.78, 5) is 12.0. The first kappa shape index (κ1) is 12.8. The van der Waals surface area contributed by atoms with Crippen molar-refractivity contribution in [2.75, 3.05) is 6.54 Å². The summed E-state index contributed by atoms with van der Waals surface area (Å²) in [6.45, 7) is 0.396. The molecule has 0 aliphatic heterocycles. The van der Waals surface area contributed by atoms with Gasteiger partial charge in [0.1, 0.15) is 0 Å². The second-order valence-corrected chi connectivity index (χ2v) is 5.56. The fourth-order valence-electron chi connectivity index (χ4n) is 2.65. The largest absolute Gasteiger partial charge is 0.391 e. The van der Waals surface area contributed by atoms with Crippen molar-refractivity contribution in [3.05, 3.63) is 0 Å². The molecule has 4 nitrogen and oxygen atoms in total. The smallest absolute Gasteiger partial charge is 0.224 e. The Morgan fingerprint density at radius 1 is 1.24 bits per heavy atom. The van der Waals surface area contributed by atoms with E-state index in [2.05, 4.69) is 5.32 Å². The zero-order valence-corrected chi connectivity index (χ0v) is 10.4. The molecule has 3 unspecified atom stereocenters. The maximum atomic E-state index is 12.0. The Morgan fingerprint density at radius 3 is 2.65 bits per heavy atom. The molecule has 0 radical (unpaired) electrons. The number of aliphatic hydroxyl groups is 1. The lowest BCUT2D eigenvalue weighted by Gasteiger charge is -2.21. The SMILES string of the molecule is NC1CCCCCC1C(=O)NCC(O)C1CC1. The maximum Gasteiger partial charge on any atom is 0.224 e. The first-order valence-electron chi connectivity index (χ1n) is 6.90. The molecule has 17 heavy (non-hydrogen) atoms. The maximum absolute atomic E-state index is 12.0. The normalized spacial score (nSPS) is 31.6. The molecule has 2 saturated carbocycles. The van der Waals surface area contributed by atoms with E-state index in [1.165, 1.54) is 6.42 Å². The predicted octanol–water partition coefficient (Wildman–Crippen LogP) is 0.781. The summed E-state index contributed by atoms with van der Waals surface area (Å²) in [5, 5.41) is 12.6. The Balaban J connectivity index is 1.76. The van der Waals surface area contributed by atoms with E-state index in [4.69, 9.17) is 5.73 Å². The molecule has 2 aliphatic rings. The summed E-state index contributed by atoms with van der Waals surface area (Å²) in [6, 6.07) is -0.00410. The van der Waals surface area contributed by atoms with E-state index in [-0.39, 0.29) is 24.0 Å². The highest BCUT2D eigenvalue weighted by Gasteiger charge is 2.31. The number of carbonyl (C=O) groups is 1. The predicted molar refractivity (Wildman–Crippen MR) is 66.3 cm³/mol. The number of hydrogen-bond acceptors (Lipinski definition) is 3.